The van der Waals surface area contributed by atoms with Gasteiger partial charge in [0, 0.05) is 0 Å². The number of hydrogen-bond acceptors (Lipinski definition) is 4. The molecule has 0 saturated heterocycles. The van der Waals surface area contributed by atoms with Gasteiger partial charge in [0.25, 0.3) is 0 Å². The van der Waals surface area contributed by atoms with Gasteiger partial charge < -0.3 is 14.5 Å². The Balaban J connectivity index is 1.80. The summed E-state index contributed by atoms with van der Waals surface area (Å²) in [4.78, 5) is 4.33. The maximum absolute atomic E-state index is 5.51. The second-order valence-electron chi connectivity index (χ2n) is 4.49. The van der Waals surface area contributed by atoms with Crippen molar-refractivity contribution < 1.29 is 9.15 Å². The fraction of sp³-hybridized carbons (Fsp3) is 0.400. The first-order valence-corrected chi connectivity index (χ1v) is 6.46. The molecule has 0 bridgehead atoms. The third kappa shape index (κ3) is 3.58. The van der Waals surface area contributed by atoms with Crippen LogP contribution in [0.15, 0.2) is 28.7 Å². The van der Waals surface area contributed by atoms with Crippen LogP contribution in [0.5, 0.6) is 5.75 Å². The van der Waals surface area contributed by atoms with Gasteiger partial charge in [-0.25, -0.2) is 4.98 Å². The molecule has 2 aromatic rings. The normalized spacial score (nSPS) is 10.7. The quantitative estimate of drug-likeness (QED) is 0.811. The molecule has 102 valence electrons. The molecule has 1 N–H and O–H groups in total. The van der Waals surface area contributed by atoms with Crippen molar-refractivity contribution in [3.05, 3.63) is 47.2 Å². The second-order valence-corrected chi connectivity index (χ2v) is 4.49. The fourth-order valence-corrected chi connectivity index (χ4v) is 1.94. The summed E-state index contributed by atoms with van der Waals surface area (Å²) in [5.74, 6) is 2.57. The van der Waals surface area contributed by atoms with Gasteiger partial charge in [-0.15, -0.1) is 0 Å². The largest absolute Gasteiger partial charge is 0.496 e. The van der Waals surface area contributed by atoms with Gasteiger partial charge in [-0.1, -0.05) is 18.2 Å². The van der Waals surface area contributed by atoms with Crippen molar-refractivity contribution in [2.45, 2.75) is 26.8 Å². The molecule has 0 radical (unpaired) electrons. The second kappa shape index (κ2) is 6.38. The smallest absolute Gasteiger partial charge is 0.208 e. The predicted molar refractivity (Wildman–Crippen MR) is 74.4 cm³/mol. The van der Waals surface area contributed by atoms with Crippen molar-refractivity contribution in [3.63, 3.8) is 0 Å². The number of oxazole rings is 1. The van der Waals surface area contributed by atoms with Crippen LogP contribution in [0.4, 0.5) is 0 Å². The molecule has 0 saturated carbocycles. The zero-order chi connectivity index (χ0) is 13.7. The third-order valence-electron chi connectivity index (χ3n) is 3.11. The lowest BCUT2D eigenvalue weighted by atomic mass is 10.1. The maximum atomic E-state index is 5.51. The van der Waals surface area contributed by atoms with Crippen LogP contribution >= 0.6 is 0 Å². The first-order chi connectivity index (χ1) is 9.20. The molecular formula is C15H20N2O2. The summed E-state index contributed by atoms with van der Waals surface area (Å²) in [6.45, 7) is 5.41. The first kappa shape index (κ1) is 13.6. The summed E-state index contributed by atoms with van der Waals surface area (Å²) in [5, 5.41) is 3.33. The molecule has 2 rings (SSSR count). The van der Waals surface area contributed by atoms with E-state index in [9.17, 15) is 0 Å². The van der Waals surface area contributed by atoms with Crippen LogP contribution in [0.3, 0.4) is 0 Å². The highest BCUT2D eigenvalue weighted by atomic mass is 16.5. The van der Waals surface area contributed by atoms with Crippen LogP contribution in [-0.4, -0.2) is 18.6 Å². The standard InChI is InChI=1S/C15H20N2O2/c1-11-12(2)19-15(17-11)10-16-9-8-13-6-4-5-7-14(13)18-3/h4-7,16H,8-10H2,1-3H3. The van der Waals surface area contributed by atoms with Crippen LogP contribution in [0, 0.1) is 13.8 Å². The van der Waals surface area contributed by atoms with E-state index in [-0.39, 0.29) is 0 Å². The van der Waals surface area contributed by atoms with Gasteiger partial charge in [0.15, 0.2) is 0 Å². The zero-order valence-electron chi connectivity index (χ0n) is 11.7. The Bertz CT molecular complexity index is 515. The highest BCUT2D eigenvalue weighted by Gasteiger charge is 2.05. The number of aryl methyl sites for hydroxylation is 2. The fourth-order valence-electron chi connectivity index (χ4n) is 1.94. The van der Waals surface area contributed by atoms with Crippen LogP contribution < -0.4 is 10.1 Å². The number of methoxy groups -OCH3 is 1. The van der Waals surface area contributed by atoms with E-state index < -0.39 is 0 Å². The van der Waals surface area contributed by atoms with Crippen molar-refractivity contribution in [3.8, 4) is 5.75 Å². The maximum Gasteiger partial charge on any atom is 0.208 e. The Labute approximate surface area is 113 Å². The molecule has 0 aliphatic rings. The van der Waals surface area contributed by atoms with Crippen molar-refractivity contribution in [1.29, 1.82) is 0 Å². The molecule has 0 amide bonds. The predicted octanol–water partition coefficient (Wildman–Crippen LogP) is 2.63. The van der Waals surface area contributed by atoms with Crippen molar-refractivity contribution in [2.24, 2.45) is 0 Å². The molecule has 0 aliphatic heterocycles. The van der Waals surface area contributed by atoms with Gasteiger partial charge in [0.2, 0.25) is 5.89 Å². The number of nitrogens with zero attached hydrogens (tertiary/aromatic N) is 1. The van der Waals surface area contributed by atoms with Crippen LogP contribution in [0.2, 0.25) is 0 Å². The van der Waals surface area contributed by atoms with Gasteiger partial charge in [0.1, 0.15) is 11.5 Å². The molecule has 1 aromatic carbocycles. The SMILES string of the molecule is COc1ccccc1CCNCc1nc(C)c(C)o1. The molecule has 1 aromatic heterocycles. The molecule has 19 heavy (non-hydrogen) atoms. The van der Waals surface area contributed by atoms with Crippen LogP contribution in [-0.2, 0) is 13.0 Å². The Kier molecular flexibility index (Phi) is 4.58. The van der Waals surface area contributed by atoms with Crippen LogP contribution in [0.1, 0.15) is 22.9 Å². The highest BCUT2D eigenvalue weighted by molar-refractivity contribution is 5.33. The minimum absolute atomic E-state index is 0.657. The van der Waals surface area contributed by atoms with Gasteiger partial charge in [-0.05, 0) is 38.4 Å². The minimum atomic E-state index is 0.657. The number of hydrogen-bond donors (Lipinski definition) is 1. The minimum Gasteiger partial charge on any atom is -0.496 e. The molecule has 1 heterocycles. The first-order valence-electron chi connectivity index (χ1n) is 6.46. The number of aromatic nitrogens is 1. The Morgan fingerprint density at radius 1 is 1.26 bits per heavy atom. The monoisotopic (exact) mass is 260 g/mol. The lowest BCUT2D eigenvalue weighted by Crippen LogP contribution is -2.17. The van der Waals surface area contributed by atoms with E-state index in [1.165, 1.54) is 5.56 Å². The highest BCUT2D eigenvalue weighted by Crippen LogP contribution is 2.17. The Morgan fingerprint density at radius 2 is 2.05 bits per heavy atom. The van der Waals surface area contributed by atoms with Crippen molar-refractivity contribution in [1.82, 2.24) is 10.3 Å². The van der Waals surface area contributed by atoms with E-state index in [1.807, 2.05) is 32.0 Å². The van der Waals surface area contributed by atoms with Crippen molar-refractivity contribution in [2.75, 3.05) is 13.7 Å². The number of benzene rings is 1. The van der Waals surface area contributed by atoms with E-state index in [0.717, 1.165) is 36.1 Å². The lowest BCUT2D eigenvalue weighted by Gasteiger charge is -2.08. The Morgan fingerprint density at radius 3 is 2.74 bits per heavy atom. The van der Waals surface area contributed by atoms with E-state index in [4.69, 9.17) is 9.15 Å². The number of para-hydroxylation sites is 1. The third-order valence-corrected chi connectivity index (χ3v) is 3.11. The Hall–Kier alpha value is -1.81. The van der Waals surface area contributed by atoms with E-state index in [0.29, 0.717) is 6.54 Å². The molecule has 0 fully saturated rings. The summed E-state index contributed by atoms with van der Waals surface area (Å²) >= 11 is 0. The van der Waals surface area contributed by atoms with Gasteiger partial charge >= 0.3 is 0 Å². The summed E-state index contributed by atoms with van der Waals surface area (Å²) in [7, 11) is 1.70. The molecule has 0 atom stereocenters. The summed E-state index contributed by atoms with van der Waals surface area (Å²) < 4.78 is 10.8. The lowest BCUT2D eigenvalue weighted by molar-refractivity contribution is 0.408. The van der Waals surface area contributed by atoms with E-state index in [1.54, 1.807) is 7.11 Å². The molecule has 4 heteroatoms. The van der Waals surface area contributed by atoms with Gasteiger partial charge in [-0.2, -0.15) is 0 Å². The molecule has 0 spiro atoms. The van der Waals surface area contributed by atoms with E-state index in [2.05, 4.69) is 16.4 Å². The summed E-state index contributed by atoms with van der Waals surface area (Å²) in [6, 6.07) is 8.07. The topological polar surface area (TPSA) is 47.3 Å². The van der Waals surface area contributed by atoms with E-state index >= 15 is 0 Å². The molecule has 0 aliphatic carbocycles. The van der Waals surface area contributed by atoms with Gasteiger partial charge in [0.05, 0.1) is 19.3 Å². The number of nitrogens with one attached hydrogen (secondary N) is 1. The number of rotatable bonds is 6. The molecule has 0 unspecified atom stereocenters. The average molecular weight is 260 g/mol. The van der Waals surface area contributed by atoms with Gasteiger partial charge in [-0.3, -0.25) is 0 Å². The summed E-state index contributed by atoms with van der Waals surface area (Å²) in [6.07, 6.45) is 0.919. The molecule has 4 nitrogen and oxygen atoms in total. The van der Waals surface area contributed by atoms with Crippen molar-refractivity contribution >= 4 is 0 Å². The van der Waals surface area contributed by atoms with Crippen LogP contribution in [0.25, 0.3) is 0 Å². The summed E-state index contributed by atoms with van der Waals surface area (Å²) in [5.41, 5.74) is 2.17. The average Bonchev–Trinajstić information content (AvgIpc) is 2.74. The zero-order valence-corrected chi connectivity index (χ0v) is 11.7. The molecular weight excluding hydrogens is 240 g/mol. The number of ether oxygens (including phenoxy) is 1.